The summed E-state index contributed by atoms with van der Waals surface area (Å²) in [5, 5.41) is 7.35. The fourth-order valence-corrected chi connectivity index (χ4v) is 2.93. The van der Waals surface area contributed by atoms with E-state index in [2.05, 4.69) is 14.6 Å². The third-order valence-corrected chi connectivity index (χ3v) is 4.80. The molecule has 0 spiro atoms. The van der Waals surface area contributed by atoms with Crippen molar-refractivity contribution in [3.8, 4) is 5.75 Å². The fraction of sp³-hybridized carbons (Fsp3) is 0.0500. The molecule has 0 fully saturated rings. The van der Waals surface area contributed by atoms with Crippen LogP contribution in [0.15, 0.2) is 94.1 Å². The Kier molecular flexibility index (Phi) is 6.20. The van der Waals surface area contributed by atoms with Crippen molar-refractivity contribution < 1.29 is 27.1 Å². The molecule has 1 aliphatic carbocycles. The predicted molar refractivity (Wildman–Crippen MR) is 106 cm³/mol. The summed E-state index contributed by atoms with van der Waals surface area (Å²) >= 11 is 0. The van der Waals surface area contributed by atoms with Crippen LogP contribution in [0.4, 0.5) is 0 Å². The second kappa shape index (κ2) is 8.98. The quantitative estimate of drug-likeness (QED) is 0.410. The molecule has 0 atom stereocenters. The number of hydrogen-bond acceptors (Lipinski definition) is 8. The molecule has 8 nitrogen and oxygen atoms in total. The van der Waals surface area contributed by atoms with Crippen LogP contribution < -0.4 is 4.74 Å². The zero-order chi connectivity index (χ0) is 20.7. The summed E-state index contributed by atoms with van der Waals surface area (Å²) in [6.07, 6.45) is 5.94. The second-order valence-corrected chi connectivity index (χ2v) is 7.18. The normalized spacial score (nSPS) is 13.0. The number of nitrogens with zero attached hydrogens (tertiary/aromatic N) is 2. The minimum atomic E-state index is -3.99. The number of hydrogen-bond donors (Lipinski definition) is 0. The lowest BCUT2D eigenvalue weighted by Crippen LogP contribution is -2.07. The van der Waals surface area contributed by atoms with Crippen LogP contribution >= 0.6 is 0 Å². The van der Waals surface area contributed by atoms with Crippen LogP contribution in [0.2, 0.25) is 0 Å². The molecular weight excluding hydrogens is 396 g/mol. The Hall–Kier alpha value is -3.72. The molecule has 148 valence electrons. The minimum absolute atomic E-state index is 0.000754. The van der Waals surface area contributed by atoms with Crippen molar-refractivity contribution in [3.05, 3.63) is 84.5 Å². The number of allylic oxidation sites excluding steroid dienone is 4. The highest BCUT2D eigenvalue weighted by Crippen LogP contribution is 2.13. The van der Waals surface area contributed by atoms with Gasteiger partial charge in [-0.3, -0.25) is 4.28 Å². The van der Waals surface area contributed by atoms with E-state index in [9.17, 15) is 13.2 Å². The number of methoxy groups -OCH3 is 1. The van der Waals surface area contributed by atoms with Gasteiger partial charge in [-0.15, -0.1) is 0 Å². The minimum Gasteiger partial charge on any atom is -0.497 e. The summed E-state index contributed by atoms with van der Waals surface area (Å²) in [6, 6.07) is 14.1. The first-order valence-electron chi connectivity index (χ1n) is 8.34. The first-order chi connectivity index (χ1) is 14.0. The highest BCUT2D eigenvalue weighted by molar-refractivity contribution is 7.86. The number of rotatable bonds is 6. The third kappa shape index (κ3) is 5.39. The number of ether oxygens (including phenoxy) is 1. The van der Waals surface area contributed by atoms with Crippen LogP contribution in [0.1, 0.15) is 10.4 Å². The third-order valence-electron chi connectivity index (χ3n) is 3.68. The van der Waals surface area contributed by atoms with Crippen LogP contribution in [0, 0.1) is 0 Å². The monoisotopic (exact) mass is 412 g/mol. The standard InChI is InChI=1S/C20H16N2O6S/c1-26-18-13-7-15(8-14-18)20(23)27-21-16-9-11-17(12-10-16)22-28-29(24,25)19-5-3-2-4-6-19/h2-14H,1H3. The van der Waals surface area contributed by atoms with Crippen LogP contribution in [0.3, 0.4) is 0 Å². The van der Waals surface area contributed by atoms with Crippen molar-refractivity contribution in [2.24, 2.45) is 10.3 Å². The lowest BCUT2D eigenvalue weighted by molar-refractivity contribution is 0.0517. The summed E-state index contributed by atoms with van der Waals surface area (Å²) < 4.78 is 33.8. The Morgan fingerprint density at radius 2 is 1.41 bits per heavy atom. The van der Waals surface area contributed by atoms with E-state index in [1.54, 1.807) is 42.5 Å². The van der Waals surface area contributed by atoms with Crippen molar-refractivity contribution in [3.63, 3.8) is 0 Å². The average Bonchev–Trinajstić information content (AvgIpc) is 2.77. The second-order valence-electron chi connectivity index (χ2n) is 5.65. The van der Waals surface area contributed by atoms with Crippen LogP contribution in [0.5, 0.6) is 5.75 Å². The molecular formula is C20H16N2O6S. The molecule has 0 radical (unpaired) electrons. The van der Waals surface area contributed by atoms with Crippen molar-refractivity contribution >= 4 is 27.5 Å². The fourth-order valence-electron chi connectivity index (χ4n) is 2.17. The molecule has 0 aromatic heterocycles. The lowest BCUT2D eigenvalue weighted by Gasteiger charge is -2.04. The molecule has 0 N–H and O–H groups in total. The van der Waals surface area contributed by atoms with Gasteiger partial charge in [-0.05, 0) is 60.7 Å². The van der Waals surface area contributed by atoms with E-state index in [0.717, 1.165) is 0 Å². The van der Waals surface area contributed by atoms with Gasteiger partial charge in [-0.25, -0.2) is 4.79 Å². The van der Waals surface area contributed by atoms with Crippen LogP contribution in [-0.2, 0) is 19.2 Å². The molecule has 3 rings (SSSR count). The van der Waals surface area contributed by atoms with Gasteiger partial charge in [0.25, 0.3) is 0 Å². The van der Waals surface area contributed by atoms with Crippen LogP contribution in [-0.4, -0.2) is 32.9 Å². The summed E-state index contributed by atoms with van der Waals surface area (Å²) in [6.45, 7) is 0. The Bertz CT molecular complexity index is 1080. The van der Waals surface area contributed by atoms with Gasteiger partial charge < -0.3 is 9.57 Å². The summed E-state index contributed by atoms with van der Waals surface area (Å²) in [4.78, 5) is 16.9. The molecule has 0 amide bonds. The molecule has 9 heteroatoms. The molecule has 0 aliphatic heterocycles. The Labute approximate surface area is 167 Å². The maximum atomic E-state index is 12.0. The molecule has 0 bridgehead atoms. The smallest absolute Gasteiger partial charge is 0.365 e. The van der Waals surface area contributed by atoms with E-state index in [1.165, 1.54) is 43.5 Å². The summed E-state index contributed by atoms with van der Waals surface area (Å²) in [7, 11) is -2.47. The van der Waals surface area contributed by atoms with Crippen molar-refractivity contribution in [1.29, 1.82) is 0 Å². The molecule has 0 heterocycles. The molecule has 2 aromatic rings. The summed E-state index contributed by atoms with van der Waals surface area (Å²) in [5.41, 5.74) is 0.919. The molecule has 0 saturated heterocycles. The first-order valence-corrected chi connectivity index (χ1v) is 9.75. The molecule has 0 saturated carbocycles. The largest absolute Gasteiger partial charge is 0.497 e. The van der Waals surface area contributed by atoms with E-state index in [4.69, 9.17) is 9.57 Å². The van der Waals surface area contributed by atoms with E-state index in [0.29, 0.717) is 17.0 Å². The van der Waals surface area contributed by atoms with Gasteiger partial charge in [0.05, 0.1) is 12.7 Å². The Morgan fingerprint density at radius 1 is 0.828 bits per heavy atom. The van der Waals surface area contributed by atoms with Gasteiger partial charge in [0, 0.05) is 0 Å². The van der Waals surface area contributed by atoms with Gasteiger partial charge in [0.1, 0.15) is 22.1 Å². The van der Waals surface area contributed by atoms with E-state index >= 15 is 0 Å². The van der Waals surface area contributed by atoms with Gasteiger partial charge in [0.15, 0.2) is 0 Å². The summed E-state index contributed by atoms with van der Waals surface area (Å²) in [5.74, 6) is -0.00645. The van der Waals surface area contributed by atoms with Gasteiger partial charge in [0.2, 0.25) is 0 Å². The van der Waals surface area contributed by atoms with Crippen molar-refractivity contribution in [2.75, 3.05) is 7.11 Å². The number of oxime groups is 2. The highest BCUT2D eigenvalue weighted by atomic mass is 32.2. The molecule has 29 heavy (non-hydrogen) atoms. The first kappa shape index (κ1) is 20.0. The topological polar surface area (TPSA) is 104 Å². The van der Waals surface area contributed by atoms with Gasteiger partial charge in [-0.1, -0.05) is 28.5 Å². The van der Waals surface area contributed by atoms with E-state index < -0.39 is 16.1 Å². The SMILES string of the molecule is COc1ccc(C(=O)ON=C2C=CC(=NOS(=O)(=O)c3ccccc3)C=C2)cc1. The zero-order valence-electron chi connectivity index (χ0n) is 15.3. The zero-order valence-corrected chi connectivity index (χ0v) is 16.1. The van der Waals surface area contributed by atoms with E-state index in [1.807, 2.05) is 0 Å². The number of carbonyl (C=O) groups is 1. The maximum absolute atomic E-state index is 12.0. The van der Waals surface area contributed by atoms with Gasteiger partial charge >= 0.3 is 16.1 Å². The predicted octanol–water partition coefficient (Wildman–Crippen LogP) is 3.10. The van der Waals surface area contributed by atoms with Gasteiger partial charge in [-0.2, -0.15) is 8.42 Å². The van der Waals surface area contributed by atoms with E-state index in [-0.39, 0.29) is 10.6 Å². The Morgan fingerprint density at radius 3 is 2.00 bits per heavy atom. The van der Waals surface area contributed by atoms with Crippen molar-refractivity contribution in [2.45, 2.75) is 4.90 Å². The maximum Gasteiger partial charge on any atom is 0.365 e. The lowest BCUT2D eigenvalue weighted by atomic mass is 10.1. The molecule has 2 aromatic carbocycles. The van der Waals surface area contributed by atoms with Crippen molar-refractivity contribution in [1.82, 2.24) is 0 Å². The number of benzene rings is 2. The number of carbonyl (C=O) groups excluding carboxylic acids is 1. The molecule has 0 unspecified atom stereocenters. The van der Waals surface area contributed by atoms with Crippen LogP contribution in [0.25, 0.3) is 0 Å². The highest BCUT2D eigenvalue weighted by Gasteiger charge is 2.15. The average molecular weight is 412 g/mol. The molecule has 1 aliphatic rings. The Balaban J connectivity index is 1.59.